The smallest absolute Gasteiger partial charge is 0.0597 e. The van der Waals surface area contributed by atoms with Gasteiger partial charge in [0.1, 0.15) is 0 Å². The third kappa shape index (κ3) is 2.84. The lowest BCUT2D eigenvalue weighted by Gasteiger charge is -2.20. The third-order valence-electron chi connectivity index (χ3n) is 2.23. The SMILES string of the molecule is CSCCN(C)c1ccc(C)cc1N. The molecule has 0 amide bonds. The second-order valence-corrected chi connectivity index (χ2v) is 4.46. The van der Waals surface area contributed by atoms with E-state index in [0.29, 0.717) is 0 Å². The van der Waals surface area contributed by atoms with Crippen LogP contribution in [0.4, 0.5) is 11.4 Å². The molecule has 3 heteroatoms. The van der Waals surface area contributed by atoms with Crippen LogP contribution in [0.25, 0.3) is 0 Å². The molecule has 1 rings (SSSR count). The van der Waals surface area contributed by atoms with E-state index in [0.717, 1.165) is 23.7 Å². The summed E-state index contributed by atoms with van der Waals surface area (Å²) < 4.78 is 0. The number of anilines is 2. The summed E-state index contributed by atoms with van der Waals surface area (Å²) in [7, 11) is 2.08. The van der Waals surface area contributed by atoms with Crippen molar-refractivity contribution < 1.29 is 0 Å². The fraction of sp³-hybridized carbons (Fsp3) is 0.455. The Morgan fingerprint density at radius 2 is 2.14 bits per heavy atom. The Kier molecular flexibility index (Phi) is 4.14. The molecule has 0 atom stereocenters. The minimum Gasteiger partial charge on any atom is -0.397 e. The Morgan fingerprint density at radius 1 is 1.43 bits per heavy atom. The van der Waals surface area contributed by atoms with Gasteiger partial charge in [-0.25, -0.2) is 0 Å². The molecular formula is C11H18N2S. The van der Waals surface area contributed by atoms with Gasteiger partial charge in [-0.3, -0.25) is 0 Å². The standard InChI is InChI=1S/C11H18N2S/c1-9-4-5-11(10(12)8-9)13(2)6-7-14-3/h4-5,8H,6-7,12H2,1-3H3. The molecule has 0 spiro atoms. The van der Waals surface area contributed by atoms with Gasteiger partial charge in [0.05, 0.1) is 11.4 Å². The van der Waals surface area contributed by atoms with Crippen molar-refractivity contribution in [2.24, 2.45) is 0 Å². The number of aryl methyl sites for hydroxylation is 1. The van der Waals surface area contributed by atoms with Gasteiger partial charge in [-0.05, 0) is 30.9 Å². The fourth-order valence-electron chi connectivity index (χ4n) is 1.37. The zero-order chi connectivity index (χ0) is 10.6. The molecule has 1 aromatic rings. The first-order valence-electron chi connectivity index (χ1n) is 4.71. The van der Waals surface area contributed by atoms with Crippen molar-refractivity contribution in [3.05, 3.63) is 23.8 Å². The summed E-state index contributed by atoms with van der Waals surface area (Å²) in [6.07, 6.45) is 2.12. The molecule has 0 aromatic heterocycles. The van der Waals surface area contributed by atoms with E-state index in [1.54, 1.807) is 0 Å². The van der Waals surface area contributed by atoms with Crippen LogP contribution < -0.4 is 10.6 Å². The lowest BCUT2D eigenvalue weighted by molar-refractivity contribution is 0.979. The molecule has 2 N–H and O–H groups in total. The van der Waals surface area contributed by atoms with Gasteiger partial charge in [0.2, 0.25) is 0 Å². The van der Waals surface area contributed by atoms with Crippen LogP contribution in [0.3, 0.4) is 0 Å². The number of hydrogen-bond donors (Lipinski definition) is 1. The number of thioether (sulfide) groups is 1. The van der Waals surface area contributed by atoms with Crippen molar-refractivity contribution in [2.75, 3.05) is 36.2 Å². The van der Waals surface area contributed by atoms with Crippen LogP contribution in [0.5, 0.6) is 0 Å². The molecule has 0 bridgehead atoms. The normalized spacial score (nSPS) is 10.2. The maximum atomic E-state index is 5.95. The average molecular weight is 210 g/mol. The molecule has 0 unspecified atom stereocenters. The predicted molar refractivity (Wildman–Crippen MR) is 67.2 cm³/mol. The van der Waals surface area contributed by atoms with Gasteiger partial charge in [0.25, 0.3) is 0 Å². The van der Waals surface area contributed by atoms with Gasteiger partial charge in [-0.2, -0.15) is 11.8 Å². The first-order chi connectivity index (χ1) is 6.65. The Hall–Kier alpha value is -0.830. The maximum absolute atomic E-state index is 5.95. The Bertz CT molecular complexity index is 299. The van der Waals surface area contributed by atoms with Crippen LogP contribution in [0.2, 0.25) is 0 Å². The summed E-state index contributed by atoms with van der Waals surface area (Å²) in [6.45, 7) is 3.09. The molecule has 1 aromatic carbocycles. The summed E-state index contributed by atoms with van der Waals surface area (Å²) in [5.41, 5.74) is 9.16. The predicted octanol–water partition coefficient (Wildman–Crippen LogP) is 2.38. The lowest BCUT2D eigenvalue weighted by atomic mass is 10.2. The number of rotatable bonds is 4. The second-order valence-electron chi connectivity index (χ2n) is 3.48. The molecule has 0 saturated carbocycles. The van der Waals surface area contributed by atoms with E-state index in [9.17, 15) is 0 Å². The van der Waals surface area contributed by atoms with Gasteiger partial charge >= 0.3 is 0 Å². The Labute approximate surface area is 90.5 Å². The van der Waals surface area contributed by atoms with Crippen LogP contribution in [-0.2, 0) is 0 Å². The maximum Gasteiger partial charge on any atom is 0.0597 e. The molecule has 0 heterocycles. The van der Waals surface area contributed by atoms with Crippen LogP contribution in [0.1, 0.15) is 5.56 Å². The summed E-state index contributed by atoms with van der Waals surface area (Å²) in [4.78, 5) is 2.20. The van der Waals surface area contributed by atoms with Gasteiger partial charge in [-0.1, -0.05) is 6.07 Å². The highest BCUT2D eigenvalue weighted by atomic mass is 32.2. The van der Waals surface area contributed by atoms with E-state index < -0.39 is 0 Å². The highest BCUT2D eigenvalue weighted by Crippen LogP contribution is 2.22. The van der Waals surface area contributed by atoms with Gasteiger partial charge in [-0.15, -0.1) is 0 Å². The number of nitrogens with two attached hydrogens (primary N) is 1. The molecule has 0 saturated heterocycles. The molecule has 14 heavy (non-hydrogen) atoms. The minimum absolute atomic E-state index is 0.869. The van der Waals surface area contributed by atoms with Crippen LogP contribution in [0.15, 0.2) is 18.2 Å². The second kappa shape index (κ2) is 5.15. The zero-order valence-electron chi connectivity index (χ0n) is 9.08. The summed E-state index contributed by atoms with van der Waals surface area (Å²) >= 11 is 1.85. The highest BCUT2D eigenvalue weighted by Gasteiger charge is 2.04. The fourth-order valence-corrected chi connectivity index (χ4v) is 1.83. The molecule has 78 valence electrons. The molecule has 0 aliphatic heterocycles. The number of benzene rings is 1. The largest absolute Gasteiger partial charge is 0.397 e. The molecule has 0 fully saturated rings. The highest BCUT2D eigenvalue weighted by molar-refractivity contribution is 7.98. The molecule has 0 radical (unpaired) electrons. The van der Waals surface area contributed by atoms with Crippen molar-refractivity contribution in [3.63, 3.8) is 0 Å². The summed E-state index contributed by atoms with van der Waals surface area (Å²) in [5.74, 6) is 1.13. The van der Waals surface area contributed by atoms with E-state index in [-0.39, 0.29) is 0 Å². The number of nitrogens with zero attached hydrogens (tertiary/aromatic N) is 1. The van der Waals surface area contributed by atoms with Crippen LogP contribution >= 0.6 is 11.8 Å². The lowest BCUT2D eigenvalue weighted by Crippen LogP contribution is -2.21. The molecule has 0 aliphatic rings. The van der Waals surface area contributed by atoms with Crippen molar-refractivity contribution in [2.45, 2.75) is 6.92 Å². The minimum atomic E-state index is 0.869. The van der Waals surface area contributed by atoms with Crippen LogP contribution in [0, 0.1) is 6.92 Å². The summed E-state index contributed by atoms with van der Waals surface area (Å²) in [6, 6.07) is 6.21. The van der Waals surface area contributed by atoms with Crippen molar-refractivity contribution in [3.8, 4) is 0 Å². The first-order valence-corrected chi connectivity index (χ1v) is 6.10. The number of hydrogen-bond acceptors (Lipinski definition) is 3. The Morgan fingerprint density at radius 3 is 2.71 bits per heavy atom. The zero-order valence-corrected chi connectivity index (χ0v) is 9.90. The number of nitrogen functional groups attached to an aromatic ring is 1. The molecule has 0 aliphatic carbocycles. The van der Waals surface area contributed by atoms with Gasteiger partial charge in [0, 0.05) is 19.3 Å². The summed E-state index contributed by atoms with van der Waals surface area (Å²) in [5, 5.41) is 0. The average Bonchev–Trinajstić information content (AvgIpc) is 2.14. The first kappa shape index (κ1) is 11.2. The van der Waals surface area contributed by atoms with Crippen molar-refractivity contribution in [1.29, 1.82) is 0 Å². The van der Waals surface area contributed by atoms with Gasteiger partial charge < -0.3 is 10.6 Å². The van der Waals surface area contributed by atoms with E-state index in [4.69, 9.17) is 5.73 Å². The quantitative estimate of drug-likeness (QED) is 0.774. The van der Waals surface area contributed by atoms with E-state index in [1.165, 1.54) is 5.56 Å². The van der Waals surface area contributed by atoms with Gasteiger partial charge in [0.15, 0.2) is 0 Å². The Balaban J connectivity index is 2.74. The van der Waals surface area contributed by atoms with Crippen LogP contribution in [-0.4, -0.2) is 25.6 Å². The molecular weight excluding hydrogens is 192 g/mol. The van der Waals surface area contributed by atoms with Crippen molar-refractivity contribution in [1.82, 2.24) is 0 Å². The van der Waals surface area contributed by atoms with E-state index in [2.05, 4.69) is 37.3 Å². The topological polar surface area (TPSA) is 29.3 Å². The van der Waals surface area contributed by atoms with E-state index >= 15 is 0 Å². The molecule has 2 nitrogen and oxygen atoms in total. The van der Waals surface area contributed by atoms with E-state index in [1.807, 2.05) is 17.8 Å². The van der Waals surface area contributed by atoms with Crippen molar-refractivity contribution >= 4 is 23.1 Å². The third-order valence-corrected chi connectivity index (χ3v) is 2.82. The monoisotopic (exact) mass is 210 g/mol.